The molecule has 0 aliphatic rings. The molecule has 0 spiro atoms. The second-order valence-electron chi connectivity index (χ2n) is 4.18. The van der Waals surface area contributed by atoms with Crippen LogP contribution in [0.2, 0.25) is 0 Å². The number of benzene rings is 1. The van der Waals surface area contributed by atoms with Crippen molar-refractivity contribution in [3.8, 4) is 0 Å². The Labute approximate surface area is 106 Å². The standard InChI is InChI=1S/C13H17NO4/c1-9(2)18-8-12(15)14-11-5-3-10(4-6-11)7-13(16)17/h3-6,9H,7-8H2,1-2H3,(H,14,15)(H,16,17). The van der Waals surface area contributed by atoms with E-state index in [1.165, 1.54) is 0 Å². The summed E-state index contributed by atoms with van der Waals surface area (Å²) in [6, 6.07) is 6.69. The summed E-state index contributed by atoms with van der Waals surface area (Å²) in [4.78, 5) is 21.9. The first kappa shape index (κ1) is 14.2. The number of ether oxygens (including phenoxy) is 1. The second kappa shape index (κ2) is 6.76. The molecule has 0 radical (unpaired) electrons. The molecule has 0 fully saturated rings. The van der Waals surface area contributed by atoms with Crippen molar-refractivity contribution >= 4 is 17.6 Å². The van der Waals surface area contributed by atoms with E-state index in [-0.39, 0.29) is 25.0 Å². The molecule has 1 aromatic rings. The van der Waals surface area contributed by atoms with Crippen LogP contribution >= 0.6 is 0 Å². The highest BCUT2D eigenvalue weighted by Crippen LogP contribution is 2.10. The molecule has 0 unspecified atom stereocenters. The maximum Gasteiger partial charge on any atom is 0.307 e. The van der Waals surface area contributed by atoms with Gasteiger partial charge in [-0.05, 0) is 31.5 Å². The summed E-state index contributed by atoms with van der Waals surface area (Å²) in [5.74, 6) is -1.10. The number of nitrogens with one attached hydrogen (secondary N) is 1. The van der Waals surface area contributed by atoms with Crippen LogP contribution in [-0.4, -0.2) is 29.7 Å². The molecule has 0 heterocycles. The van der Waals surface area contributed by atoms with E-state index in [0.717, 1.165) is 0 Å². The average molecular weight is 251 g/mol. The van der Waals surface area contributed by atoms with E-state index in [0.29, 0.717) is 11.3 Å². The van der Waals surface area contributed by atoms with Gasteiger partial charge in [0.2, 0.25) is 5.91 Å². The van der Waals surface area contributed by atoms with Gasteiger partial charge in [-0.2, -0.15) is 0 Å². The highest BCUT2D eigenvalue weighted by atomic mass is 16.5. The zero-order valence-corrected chi connectivity index (χ0v) is 10.5. The van der Waals surface area contributed by atoms with Crippen LogP contribution in [0.4, 0.5) is 5.69 Å². The molecule has 18 heavy (non-hydrogen) atoms. The van der Waals surface area contributed by atoms with Crippen LogP contribution in [0, 0.1) is 0 Å². The van der Waals surface area contributed by atoms with Gasteiger partial charge in [0.25, 0.3) is 0 Å². The molecule has 2 N–H and O–H groups in total. The molecule has 1 aromatic carbocycles. The summed E-state index contributed by atoms with van der Waals surface area (Å²) in [6.07, 6.45) is -0.0151. The zero-order valence-electron chi connectivity index (χ0n) is 10.5. The summed E-state index contributed by atoms with van der Waals surface area (Å²) >= 11 is 0. The molecule has 0 saturated carbocycles. The fraction of sp³-hybridized carbons (Fsp3) is 0.385. The minimum absolute atomic E-state index is 0.00805. The average Bonchev–Trinajstić information content (AvgIpc) is 2.28. The van der Waals surface area contributed by atoms with E-state index in [1.54, 1.807) is 24.3 Å². The van der Waals surface area contributed by atoms with Crippen molar-refractivity contribution in [1.29, 1.82) is 0 Å². The Morgan fingerprint density at radius 2 is 1.89 bits per heavy atom. The first-order chi connectivity index (χ1) is 8.47. The summed E-state index contributed by atoms with van der Waals surface area (Å²) in [6.45, 7) is 3.72. The van der Waals surface area contributed by atoms with Gasteiger partial charge in [-0.25, -0.2) is 0 Å². The second-order valence-corrected chi connectivity index (χ2v) is 4.18. The van der Waals surface area contributed by atoms with Crippen molar-refractivity contribution in [3.05, 3.63) is 29.8 Å². The van der Waals surface area contributed by atoms with Crippen LogP contribution < -0.4 is 5.32 Å². The Morgan fingerprint density at radius 3 is 2.39 bits per heavy atom. The molecule has 0 aliphatic heterocycles. The molecule has 1 amide bonds. The Morgan fingerprint density at radius 1 is 1.28 bits per heavy atom. The molecule has 0 saturated heterocycles. The lowest BCUT2D eigenvalue weighted by Crippen LogP contribution is -2.20. The highest BCUT2D eigenvalue weighted by Gasteiger charge is 2.05. The molecule has 0 atom stereocenters. The van der Waals surface area contributed by atoms with Gasteiger partial charge in [0.15, 0.2) is 0 Å². The van der Waals surface area contributed by atoms with Gasteiger partial charge in [0.1, 0.15) is 6.61 Å². The lowest BCUT2D eigenvalue weighted by Gasteiger charge is -2.08. The lowest BCUT2D eigenvalue weighted by molar-refractivity contribution is -0.136. The van der Waals surface area contributed by atoms with Crippen LogP contribution in [0.15, 0.2) is 24.3 Å². The molecular weight excluding hydrogens is 234 g/mol. The fourth-order valence-electron chi connectivity index (χ4n) is 1.32. The van der Waals surface area contributed by atoms with Gasteiger partial charge in [-0.3, -0.25) is 9.59 Å². The summed E-state index contributed by atoms with van der Waals surface area (Å²) < 4.78 is 5.16. The van der Waals surface area contributed by atoms with E-state index in [2.05, 4.69) is 5.32 Å². The molecule has 0 bridgehead atoms. The van der Waals surface area contributed by atoms with Crippen molar-refractivity contribution in [1.82, 2.24) is 0 Å². The molecule has 5 heteroatoms. The largest absolute Gasteiger partial charge is 0.481 e. The van der Waals surface area contributed by atoms with Crippen molar-refractivity contribution in [2.75, 3.05) is 11.9 Å². The third kappa shape index (κ3) is 5.45. The van der Waals surface area contributed by atoms with E-state index in [4.69, 9.17) is 9.84 Å². The molecule has 5 nitrogen and oxygen atoms in total. The third-order valence-corrected chi connectivity index (χ3v) is 2.14. The van der Waals surface area contributed by atoms with Gasteiger partial charge in [-0.15, -0.1) is 0 Å². The quantitative estimate of drug-likeness (QED) is 0.806. The van der Waals surface area contributed by atoms with Crippen LogP contribution in [0.3, 0.4) is 0 Å². The summed E-state index contributed by atoms with van der Waals surface area (Å²) in [7, 11) is 0. The smallest absolute Gasteiger partial charge is 0.307 e. The van der Waals surface area contributed by atoms with Gasteiger partial charge in [0.05, 0.1) is 12.5 Å². The number of hydrogen-bond acceptors (Lipinski definition) is 3. The minimum Gasteiger partial charge on any atom is -0.481 e. The van der Waals surface area contributed by atoms with E-state index in [1.807, 2.05) is 13.8 Å². The molecular formula is C13H17NO4. The topological polar surface area (TPSA) is 75.6 Å². The Balaban J connectivity index is 2.48. The molecule has 1 rings (SSSR count). The van der Waals surface area contributed by atoms with E-state index in [9.17, 15) is 9.59 Å². The number of anilines is 1. The zero-order chi connectivity index (χ0) is 13.5. The van der Waals surface area contributed by atoms with Crippen molar-refractivity contribution in [3.63, 3.8) is 0 Å². The number of carboxylic acid groups (broad SMARTS) is 1. The number of rotatable bonds is 6. The molecule has 0 aliphatic carbocycles. The number of carbonyl (C=O) groups is 2. The van der Waals surface area contributed by atoms with E-state index < -0.39 is 5.97 Å². The van der Waals surface area contributed by atoms with Crippen LogP contribution in [0.1, 0.15) is 19.4 Å². The summed E-state index contributed by atoms with van der Waals surface area (Å²) in [5.41, 5.74) is 1.32. The van der Waals surface area contributed by atoms with Gasteiger partial charge in [-0.1, -0.05) is 12.1 Å². The Hall–Kier alpha value is -1.88. The Kier molecular flexibility index (Phi) is 5.32. The SMILES string of the molecule is CC(C)OCC(=O)Nc1ccc(CC(=O)O)cc1. The maximum absolute atomic E-state index is 11.4. The van der Waals surface area contributed by atoms with Gasteiger partial charge in [0, 0.05) is 5.69 Å². The number of hydrogen-bond donors (Lipinski definition) is 2. The maximum atomic E-state index is 11.4. The molecule has 98 valence electrons. The number of amides is 1. The highest BCUT2D eigenvalue weighted by molar-refractivity contribution is 5.91. The van der Waals surface area contributed by atoms with Crippen LogP contribution in [0.25, 0.3) is 0 Å². The van der Waals surface area contributed by atoms with Gasteiger partial charge >= 0.3 is 5.97 Å². The monoisotopic (exact) mass is 251 g/mol. The number of carboxylic acids is 1. The van der Waals surface area contributed by atoms with E-state index >= 15 is 0 Å². The minimum atomic E-state index is -0.878. The predicted molar refractivity (Wildman–Crippen MR) is 67.5 cm³/mol. The normalized spacial score (nSPS) is 10.4. The summed E-state index contributed by atoms with van der Waals surface area (Å²) in [5, 5.41) is 11.3. The fourth-order valence-corrected chi connectivity index (χ4v) is 1.32. The molecule has 0 aromatic heterocycles. The van der Waals surface area contributed by atoms with Crippen LogP contribution in [-0.2, 0) is 20.7 Å². The first-order valence-electron chi connectivity index (χ1n) is 5.69. The number of aliphatic carboxylic acids is 1. The van der Waals surface area contributed by atoms with Crippen molar-refractivity contribution in [2.45, 2.75) is 26.4 Å². The first-order valence-corrected chi connectivity index (χ1v) is 5.69. The van der Waals surface area contributed by atoms with Gasteiger partial charge < -0.3 is 15.2 Å². The predicted octanol–water partition coefficient (Wildman–Crippen LogP) is 1.68. The van der Waals surface area contributed by atoms with Crippen molar-refractivity contribution in [2.24, 2.45) is 0 Å². The van der Waals surface area contributed by atoms with Crippen LogP contribution in [0.5, 0.6) is 0 Å². The third-order valence-electron chi connectivity index (χ3n) is 2.14. The Bertz CT molecular complexity index is 412. The van der Waals surface area contributed by atoms with Crippen molar-refractivity contribution < 1.29 is 19.4 Å². The lowest BCUT2D eigenvalue weighted by atomic mass is 10.1. The number of carbonyl (C=O) groups excluding carboxylic acids is 1.